The molecule has 2 heterocycles. The maximum absolute atomic E-state index is 12.4. The molecular weight excluding hydrogens is 366 g/mol. The second kappa shape index (κ2) is 7.43. The Hall–Kier alpha value is -3.44. The van der Waals surface area contributed by atoms with Gasteiger partial charge in [0.1, 0.15) is 23.3 Å². The molecule has 0 aliphatic rings. The van der Waals surface area contributed by atoms with Crippen LogP contribution >= 0.6 is 11.3 Å². The van der Waals surface area contributed by atoms with Gasteiger partial charge in [0.25, 0.3) is 5.56 Å². The van der Waals surface area contributed by atoms with Crippen LogP contribution in [0.4, 0.5) is 0 Å². The number of carbonyl (C=O) groups excluding carboxylic acids is 1. The SMILES string of the molecule is Cc1sc2nc(/C(C#N)=C/c3ccccc3OCC(=O)[O-])[nH]c(=O)c2c1C. The highest BCUT2D eigenvalue weighted by Gasteiger charge is 2.14. The Bertz CT molecular complexity index is 1170. The van der Waals surface area contributed by atoms with Gasteiger partial charge in [0.05, 0.1) is 16.9 Å². The molecule has 27 heavy (non-hydrogen) atoms. The minimum absolute atomic E-state index is 0.127. The summed E-state index contributed by atoms with van der Waals surface area (Å²) in [6, 6.07) is 8.66. The summed E-state index contributed by atoms with van der Waals surface area (Å²) in [5, 5.41) is 20.7. The predicted octanol–water partition coefficient (Wildman–Crippen LogP) is 1.79. The zero-order valence-electron chi connectivity index (χ0n) is 14.5. The van der Waals surface area contributed by atoms with Crippen molar-refractivity contribution in [2.75, 3.05) is 6.61 Å². The van der Waals surface area contributed by atoms with Crippen molar-refractivity contribution in [3.05, 3.63) is 56.4 Å². The number of aromatic nitrogens is 2. The molecule has 7 nitrogen and oxygen atoms in total. The maximum Gasteiger partial charge on any atom is 0.260 e. The van der Waals surface area contributed by atoms with Gasteiger partial charge in [-0.2, -0.15) is 5.26 Å². The fourth-order valence-corrected chi connectivity index (χ4v) is 3.59. The van der Waals surface area contributed by atoms with E-state index in [4.69, 9.17) is 4.74 Å². The van der Waals surface area contributed by atoms with E-state index < -0.39 is 12.6 Å². The second-order valence-corrected chi connectivity index (χ2v) is 6.95. The van der Waals surface area contributed by atoms with Crippen LogP contribution in [0.1, 0.15) is 21.8 Å². The van der Waals surface area contributed by atoms with Crippen molar-refractivity contribution in [1.82, 2.24) is 9.97 Å². The summed E-state index contributed by atoms with van der Waals surface area (Å²) >= 11 is 1.39. The number of H-pyrrole nitrogens is 1. The number of aliphatic carboxylic acids is 1. The standard InChI is InChI=1S/C19H15N3O4S/c1-10-11(2)27-19-16(10)18(25)21-17(22-19)13(8-20)7-12-5-3-4-6-14(12)26-9-15(23)24/h3-7H,9H2,1-2H3,(H,23,24)(H,21,22,25)/p-1/b13-7+. The van der Waals surface area contributed by atoms with Crippen LogP contribution in [0.25, 0.3) is 21.9 Å². The largest absolute Gasteiger partial charge is 0.546 e. The number of carboxylic acids is 1. The molecule has 136 valence electrons. The number of hydrogen-bond donors (Lipinski definition) is 1. The number of hydrogen-bond acceptors (Lipinski definition) is 7. The Morgan fingerprint density at radius 3 is 2.85 bits per heavy atom. The molecule has 0 aliphatic heterocycles. The van der Waals surface area contributed by atoms with E-state index in [-0.39, 0.29) is 22.7 Å². The van der Waals surface area contributed by atoms with E-state index >= 15 is 0 Å². The molecule has 0 spiro atoms. The molecule has 0 saturated heterocycles. The number of ether oxygens (including phenoxy) is 1. The number of thiophene rings is 1. The molecule has 0 amide bonds. The Morgan fingerprint density at radius 1 is 1.41 bits per heavy atom. The number of aromatic amines is 1. The second-order valence-electron chi connectivity index (χ2n) is 5.75. The fraction of sp³-hybridized carbons (Fsp3) is 0.158. The number of fused-ring (bicyclic) bond motifs is 1. The highest BCUT2D eigenvalue weighted by Crippen LogP contribution is 2.28. The number of nitriles is 1. The van der Waals surface area contributed by atoms with Crippen LogP contribution in [0.3, 0.4) is 0 Å². The number of nitrogens with one attached hydrogen (secondary N) is 1. The lowest BCUT2D eigenvalue weighted by Crippen LogP contribution is -2.29. The summed E-state index contributed by atoms with van der Waals surface area (Å²) in [7, 11) is 0. The van der Waals surface area contributed by atoms with E-state index in [1.165, 1.54) is 17.4 Å². The van der Waals surface area contributed by atoms with Gasteiger partial charge in [-0.3, -0.25) is 4.79 Å². The van der Waals surface area contributed by atoms with E-state index in [2.05, 4.69) is 9.97 Å². The first-order valence-corrected chi connectivity index (χ1v) is 8.76. The van der Waals surface area contributed by atoms with Crippen molar-refractivity contribution in [2.24, 2.45) is 0 Å². The first kappa shape index (κ1) is 18.4. The highest BCUT2D eigenvalue weighted by atomic mass is 32.1. The molecule has 1 aromatic carbocycles. The number of aryl methyl sites for hydroxylation is 2. The number of carbonyl (C=O) groups is 1. The summed E-state index contributed by atoms with van der Waals surface area (Å²) in [5.41, 5.74) is 1.18. The van der Waals surface area contributed by atoms with Crippen molar-refractivity contribution in [2.45, 2.75) is 13.8 Å². The molecule has 0 aliphatic carbocycles. The van der Waals surface area contributed by atoms with Crippen molar-refractivity contribution < 1.29 is 14.6 Å². The molecule has 3 aromatic rings. The molecule has 0 radical (unpaired) electrons. The lowest BCUT2D eigenvalue weighted by Gasteiger charge is -2.09. The van der Waals surface area contributed by atoms with Gasteiger partial charge in [0.15, 0.2) is 5.82 Å². The number of carboxylic acid groups (broad SMARTS) is 1. The van der Waals surface area contributed by atoms with Gasteiger partial charge < -0.3 is 19.6 Å². The van der Waals surface area contributed by atoms with Crippen molar-refractivity contribution >= 4 is 39.2 Å². The van der Waals surface area contributed by atoms with Gasteiger partial charge in [-0.05, 0) is 31.6 Å². The van der Waals surface area contributed by atoms with Crippen LogP contribution in [-0.2, 0) is 4.79 Å². The molecule has 0 bridgehead atoms. The third-order valence-electron chi connectivity index (χ3n) is 3.98. The zero-order valence-corrected chi connectivity index (χ0v) is 15.3. The van der Waals surface area contributed by atoms with Crippen molar-refractivity contribution in [1.29, 1.82) is 5.26 Å². The third-order valence-corrected chi connectivity index (χ3v) is 5.08. The summed E-state index contributed by atoms with van der Waals surface area (Å²) in [4.78, 5) is 31.7. The molecule has 2 aromatic heterocycles. The van der Waals surface area contributed by atoms with Gasteiger partial charge in [-0.25, -0.2) is 4.98 Å². The van der Waals surface area contributed by atoms with Crippen LogP contribution in [-0.4, -0.2) is 22.5 Å². The molecule has 8 heteroatoms. The summed E-state index contributed by atoms with van der Waals surface area (Å²) in [5.74, 6) is -0.930. The third kappa shape index (κ3) is 3.73. The lowest BCUT2D eigenvalue weighted by molar-refractivity contribution is -0.307. The topological polar surface area (TPSA) is 119 Å². The average molecular weight is 380 g/mol. The van der Waals surface area contributed by atoms with Crippen molar-refractivity contribution in [3.8, 4) is 11.8 Å². The number of para-hydroxylation sites is 1. The molecular formula is C19H14N3O4S-. The van der Waals surface area contributed by atoms with Gasteiger partial charge in [-0.15, -0.1) is 11.3 Å². The van der Waals surface area contributed by atoms with Crippen LogP contribution in [0, 0.1) is 25.2 Å². The predicted molar refractivity (Wildman–Crippen MR) is 100 cm³/mol. The molecule has 1 N–H and O–H groups in total. The summed E-state index contributed by atoms with van der Waals surface area (Å²) < 4.78 is 5.19. The smallest absolute Gasteiger partial charge is 0.260 e. The minimum Gasteiger partial charge on any atom is -0.546 e. The zero-order chi connectivity index (χ0) is 19.6. The maximum atomic E-state index is 12.4. The van der Waals surface area contributed by atoms with Gasteiger partial charge in [0, 0.05) is 10.4 Å². The van der Waals surface area contributed by atoms with Crippen molar-refractivity contribution in [3.63, 3.8) is 0 Å². The summed E-state index contributed by atoms with van der Waals surface area (Å²) in [6.07, 6.45) is 1.49. The number of allylic oxidation sites excluding steroid dienone is 1. The minimum atomic E-state index is -1.35. The van der Waals surface area contributed by atoms with E-state index in [1.54, 1.807) is 24.3 Å². The van der Waals surface area contributed by atoms with Gasteiger partial charge >= 0.3 is 0 Å². The first-order valence-electron chi connectivity index (χ1n) is 7.94. The lowest BCUT2D eigenvalue weighted by atomic mass is 10.1. The Balaban J connectivity index is 2.09. The normalized spacial score (nSPS) is 11.4. The highest BCUT2D eigenvalue weighted by molar-refractivity contribution is 7.18. The average Bonchev–Trinajstić information content (AvgIpc) is 2.93. The Morgan fingerprint density at radius 2 is 2.15 bits per heavy atom. The number of nitrogens with zero attached hydrogens (tertiary/aromatic N) is 2. The Labute approximate surface area is 158 Å². The first-order chi connectivity index (χ1) is 12.9. The fourth-order valence-electron chi connectivity index (χ4n) is 2.56. The van der Waals surface area contributed by atoms with Crippen LogP contribution in [0.2, 0.25) is 0 Å². The molecule has 0 unspecified atom stereocenters. The van der Waals surface area contributed by atoms with E-state index in [9.17, 15) is 20.0 Å². The van der Waals surface area contributed by atoms with Gasteiger partial charge in [0.2, 0.25) is 0 Å². The van der Waals surface area contributed by atoms with Crippen LogP contribution < -0.4 is 15.4 Å². The van der Waals surface area contributed by atoms with E-state index in [1.807, 2.05) is 19.9 Å². The molecule has 0 saturated carbocycles. The Kier molecular flexibility index (Phi) is 5.05. The molecule has 3 rings (SSSR count). The molecule has 0 fully saturated rings. The van der Waals surface area contributed by atoms with Gasteiger partial charge in [-0.1, -0.05) is 18.2 Å². The molecule has 0 atom stereocenters. The monoisotopic (exact) mass is 380 g/mol. The van der Waals surface area contributed by atoms with Crippen LogP contribution in [0.15, 0.2) is 29.1 Å². The van der Waals surface area contributed by atoms with E-state index in [0.717, 1.165) is 10.4 Å². The number of benzene rings is 1. The summed E-state index contributed by atoms with van der Waals surface area (Å²) in [6.45, 7) is 3.16. The number of rotatable bonds is 5. The van der Waals surface area contributed by atoms with Crippen LogP contribution in [0.5, 0.6) is 5.75 Å². The van der Waals surface area contributed by atoms with E-state index in [0.29, 0.717) is 15.8 Å². The quantitative estimate of drug-likeness (QED) is 0.674.